The van der Waals surface area contributed by atoms with E-state index < -0.39 is 21.2 Å². The van der Waals surface area contributed by atoms with Gasteiger partial charge in [-0.3, -0.25) is 0 Å². The van der Waals surface area contributed by atoms with Crippen molar-refractivity contribution in [2.75, 3.05) is 31.7 Å². The SMILES string of the molecule is COC([C@H]1CCC[C@H](S(N)(=O)=O)C1)[C@@H]1CC[C@H]1CN1C[C@@]2(CCCc3cc(Cl)ccc32)COc2ccc(C(=O)O)cc21. The zero-order valence-corrected chi connectivity index (χ0v) is 25.7. The number of aryl methyl sites for hydroxylation is 1. The molecule has 1 aliphatic heterocycles. The van der Waals surface area contributed by atoms with E-state index in [-0.39, 0.29) is 23.0 Å². The van der Waals surface area contributed by atoms with Crippen molar-refractivity contribution < 1.29 is 27.8 Å². The first-order chi connectivity index (χ1) is 20.1. The van der Waals surface area contributed by atoms with Gasteiger partial charge in [0.25, 0.3) is 0 Å². The number of ether oxygens (including phenoxy) is 2. The number of primary sulfonamides is 1. The van der Waals surface area contributed by atoms with Crippen LogP contribution in [0.25, 0.3) is 0 Å². The highest BCUT2D eigenvalue weighted by Crippen LogP contribution is 2.48. The summed E-state index contributed by atoms with van der Waals surface area (Å²) in [6.07, 6.45) is 7.97. The number of rotatable bonds is 7. The van der Waals surface area contributed by atoms with Gasteiger partial charge in [-0.25, -0.2) is 18.4 Å². The number of carbonyl (C=O) groups is 1. The highest BCUT2D eigenvalue weighted by molar-refractivity contribution is 7.89. The number of hydrogen-bond acceptors (Lipinski definition) is 6. The average molecular weight is 617 g/mol. The van der Waals surface area contributed by atoms with Crippen LogP contribution in [0.1, 0.15) is 72.9 Å². The molecule has 6 rings (SSSR count). The van der Waals surface area contributed by atoms with E-state index in [4.69, 9.17) is 26.2 Å². The molecule has 0 radical (unpaired) electrons. The predicted molar refractivity (Wildman–Crippen MR) is 163 cm³/mol. The van der Waals surface area contributed by atoms with E-state index in [2.05, 4.69) is 17.0 Å². The van der Waals surface area contributed by atoms with E-state index in [1.165, 1.54) is 11.1 Å². The number of sulfonamides is 1. The fourth-order valence-corrected chi connectivity index (χ4v) is 9.48. The first-order valence-corrected chi connectivity index (χ1v) is 17.1. The summed E-state index contributed by atoms with van der Waals surface area (Å²) in [5, 5.41) is 15.6. The molecule has 10 heteroatoms. The molecule has 6 atom stereocenters. The third-order valence-corrected chi connectivity index (χ3v) is 12.1. The van der Waals surface area contributed by atoms with Crippen molar-refractivity contribution in [2.45, 2.75) is 74.6 Å². The van der Waals surface area contributed by atoms with Gasteiger partial charge in [0.05, 0.1) is 29.2 Å². The van der Waals surface area contributed by atoms with Crippen LogP contribution in [-0.2, 0) is 26.6 Å². The number of carboxylic acids is 1. The predicted octanol–water partition coefficient (Wildman–Crippen LogP) is 5.40. The summed E-state index contributed by atoms with van der Waals surface area (Å²) in [6, 6.07) is 11.3. The molecular weight excluding hydrogens is 576 g/mol. The highest BCUT2D eigenvalue weighted by atomic mass is 35.5. The molecule has 4 aliphatic rings. The van der Waals surface area contributed by atoms with E-state index >= 15 is 0 Å². The topological polar surface area (TPSA) is 119 Å². The summed E-state index contributed by atoms with van der Waals surface area (Å²) in [5.41, 5.74) is 3.35. The Hall–Kier alpha value is -2.33. The molecule has 0 amide bonds. The molecule has 3 N–H and O–H groups in total. The molecule has 2 aromatic rings. The molecule has 1 heterocycles. The van der Waals surface area contributed by atoms with Crippen LogP contribution < -0.4 is 14.8 Å². The molecule has 2 fully saturated rings. The standard InChI is InChI=1S/C32H41ClN2O6S/c1-40-30(21-4-2-6-25(15-21)42(34,38)39)26-10-7-23(26)17-35-18-32(13-3-5-20-14-24(33)9-11-27(20)32)19-41-29-12-8-22(31(36)37)16-28(29)35/h8-9,11-12,14,16,21,23,25-26,30H,2-7,10,13,15,17-19H2,1H3,(H,36,37)(H2,34,38,39)/t21-,23-,25-,26+,30?,32-/m0/s1. The van der Waals surface area contributed by atoms with Crippen LogP contribution in [0.15, 0.2) is 36.4 Å². The van der Waals surface area contributed by atoms with Gasteiger partial charge in [-0.1, -0.05) is 24.1 Å². The summed E-state index contributed by atoms with van der Waals surface area (Å²) in [4.78, 5) is 14.3. The van der Waals surface area contributed by atoms with Crippen LogP contribution in [0.2, 0.25) is 5.02 Å². The van der Waals surface area contributed by atoms with E-state index in [9.17, 15) is 18.3 Å². The van der Waals surface area contributed by atoms with Crippen LogP contribution in [0.3, 0.4) is 0 Å². The summed E-state index contributed by atoms with van der Waals surface area (Å²) < 4.78 is 37.0. The van der Waals surface area contributed by atoms with Crippen molar-refractivity contribution in [1.29, 1.82) is 0 Å². The lowest BCUT2D eigenvalue weighted by Crippen LogP contribution is -2.51. The number of aromatic carboxylic acids is 1. The number of hydrogen-bond donors (Lipinski definition) is 2. The van der Waals surface area contributed by atoms with Gasteiger partial charge in [0.2, 0.25) is 10.0 Å². The number of benzene rings is 2. The second kappa shape index (κ2) is 11.6. The van der Waals surface area contributed by atoms with Gasteiger partial charge < -0.3 is 19.5 Å². The maximum atomic E-state index is 12.2. The first-order valence-electron chi connectivity index (χ1n) is 15.2. The minimum Gasteiger partial charge on any atom is -0.490 e. The Balaban J connectivity index is 1.31. The molecule has 1 spiro atoms. The molecule has 0 saturated heterocycles. The molecular formula is C32H41ClN2O6S. The maximum Gasteiger partial charge on any atom is 0.335 e. The minimum atomic E-state index is -3.58. The number of anilines is 1. The number of halogens is 1. The van der Waals surface area contributed by atoms with Gasteiger partial charge in [-0.2, -0.15) is 0 Å². The van der Waals surface area contributed by atoms with Gasteiger partial charge in [0, 0.05) is 30.6 Å². The van der Waals surface area contributed by atoms with Crippen molar-refractivity contribution in [3.8, 4) is 5.75 Å². The Morgan fingerprint density at radius 1 is 1.19 bits per heavy atom. The third-order valence-electron chi connectivity index (χ3n) is 10.5. The monoisotopic (exact) mass is 616 g/mol. The lowest BCUT2D eigenvalue weighted by atomic mass is 9.65. The van der Waals surface area contributed by atoms with Gasteiger partial charge in [-0.05, 0) is 111 Å². The minimum absolute atomic E-state index is 0.0344. The Kier molecular flexibility index (Phi) is 8.24. The summed E-state index contributed by atoms with van der Waals surface area (Å²) in [6.45, 7) is 1.98. The summed E-state index contributed by atoms with van der Waals surface area (Å²) >= 11 is 6.39. The van der Waals surface area contributed by atoms with Crippen LogP contribution in [0, 0.1) is 17.8 Å². The van der Waals surface area contributed by atoms with Crippen molar-refractivity contribution in [3.05, 3.63) is 58.1 Å². The molecule has 0 aromatic heterocycles. The zero-order valence-electron chi connectivity index (χ0n) is 24.1. The van der Waals surface area contributed by atoms with Gasteiger partial charge >= 0.3 is 5.97 Å². The van der Waals surface area contributed by atoms with Crippen LogP contribution in [-0.4, -0.2) is 57.7 Å². The Morgan fingerprint density at radius 2 is 2.02 bits per heavy atom. The fraction of sp³-hybridized carbons (Fsp3) is 0.594. The second-order valence-electron chi connectivity index (χ2n) is 12.9. The zero-order chi connectivity index (χ0) is 29.6. The molecule has 228 valence electrons. The smallest absolute Gasteiger partial charge is 0.335 e. The van der Waals surface area contributed by atoms with Gasteiger partial charge in [0.15, 0.2) is 0 Å². The van der Waals surface area contributed by atoms with Gasteiger partial charge in [-0.15, -0.1) is 0 Å². The van der Waals surface area contributed by atoms with E-state index in [0.717, 1.165) is 68.7 Å². The quantitative estimate of drug-likeness (QED) is 0.427. The Bertz CT molecular complexity index is 1450. The molecule has 8 nitrogen and oxygen atoms in total. The lowest BCUT2D eigenvalue weighted by molar-refractivity contribution is -0.0588. The number of methoxy groups -OCH3 is 1. The molecule has 3 aliphatic carbocycles. The molecule has 42 heavy (non-hydrogen) atoms. The average Bonchev–Trinajstić information content (AvgIpc) is 3.10. The van der Waals surface area contributed by atoms with Crippen molar-refractivity contribution >= 4 is 33.3 Å². The fourth-order valence-electron chi connectivity index (χ4n) is 8.28. The Labute approximate surface area is 253 Å². The molecule has 0 bridgehead atoms. The molecule has 2 aromatic carbocycles. The lowest BCUT2D eigenvalue weighted by Gasteiger charge is -2.48. The van der Waals surface area contributed by atoms with E-state index in [1.807, 2.05) is 6.07 Å². The normalized spacial score (nSPS) is 29.9. The second-order valence-corrected chi connectivity index (χ2v) is 15.2. The Morgan fingerprint density at radius 3 is 2.74 bits per heavy atom. The summed E-state index contributed by atoms with van der Waals surface area (Å²) in [7, 11) is -1.83. The number of carboxylic acid groups (broad SMARTS) is 1. The largest absolute Gasteiger partial charge is 0.490 e. The van der Waals surface area contributed by atoms with Crippen molar-refractivity contribution in [2.24, 2.45) is 22.9 Å². The van der Waals surface area contributed by atoms with Crippen molar-refractivity contribution in [3.63, 3.8) is 0 Å². The summed E-state index contributed by atoms with van der Waals surface area (Å²) in [5.74, 6) is 0.523. The number of nitrogens with two attached hydrogens (primary N) is 1. The van der Waals surface area contributed by atoms with E-state index in [1.54, 1.807) is 25.3 Å². The first kappa shape index (κ1) is 29.7. The number of fused-ring (bicyclic) bond motifs is 3. The van der Waals surface area contributed by atoms with Gasteiger partial charge in [0.1, 0.15) is 5.75 Å². The van der Waals surface area contributed by atoms with Crippen LogP contribution >= 0.6 is 11.6 Å². The van der Waals surface area contributed by atoms with E-state index in [0.29, 0.717) is 37.0 Å². The van der Waals surface area contributed by atoms with Crippen LogP contribution in [0.4, 0.5) is 5.69 Å². The van der Waals surface area contributed by atoms with Crippen LogP contribution in [0.5, 0.6) is 5.75 Å². The molecule has 1 unspecified atom stereocenters. The molecule has 2 saturated carbocycles. The highest BCUT2D eigenvalue weighted by Gasteiger charge is 2.46. The third kappa shape index (κ3) is 5.65. The number of nitrogens with zero attached hydrogens (tertiary/aromatic N) is 1. The maximum absolute atomic E-state index is 12.2. The van der Waals surface area contributed by atoms with Crippen molar-refractivity contribution in [1.82, 2.24) is 0 Å².